The number of aromatic nitrogens is 2. The maximum Gasteiger partial charge on any atom is 0.223 e. The summed E-state index contributed by atoms with van der Waals surface area (Å²) in [5.74, 6) is 0.866. The molecule has 1 heterocycles. The second-order valence-electron chi connectivity index (χ2n) is 3.85. The van der Waals surface area contributed by atoms with Crippen LogP contribution in [0.3, 0.4) is 0 Å². The first-order valence-corrected chi connectivity index (χ1v) is 5.64. The lowest BCUT2D eigenvalue weighted by Crippen LogP contribution is -1.92. The van der Waals surface area contributed by atoms with Gasteiger partial charge in [0.2, 0.25) is 5.28 Å². The molecule has 0 aliphatic heterocycles. The van der Waals surface area contributed by atoms with E-state index in [9.17, 15) is 0 Å². The van der Waals surface area contributed by atoms with Gasteiger partial charge in [-0.15, -0.1) is 0 Å². The van der Waals surface area contributed by atoms with Crippen molar-refractivity contribution in [1.82, 2.24) is 9.97 Å². The fourth-order valence-electron chi connectivity index (χ4n) is 1.72. The Morgan fingerprint density at radius 3 is 2.47 bits per heavy atom. The number of ether oxygens (including phenoxy) is 1. The summed E-state index contributed by atoms with van der Waals surface area (Å²) in [6.45, 7) is 3.89. The fourth-order valence-corrected chi connectivity index (χ4v) is 1.94. The van der Waals surface area contributed by atoms with Crippen LogP contribution in [0.4, 0.5) is 0 Å². The van der Waals surface area contributed by atoms with Gasteiger partial charge in [-0.3, -0.25) is 0 Å². The van der Waals surface area contributed by atoms with Gasteiger partial charge in [-0.25, -0.2) is 9.97 Å². The van der Waals surface area contributed by atoms with Crippen LogP contribution in [0.5, 0.6) is 5.75 Å². The van der Waals surface area contributed by atoms with E-state index in [1.807, 2.05) is 38.1 Å². The Bertz CT molecular complexity index is 535. The summed E-state index contributed by atoms with van der Waals surface area (Å²) in [4.78, 5) is 8.26. The average Bonchev–Trinajstić information content (AvgIpc) is 2.27. The van der Waals surface area contributed by atoms with Crippen LogP contribution in [0.15, 0.2) is 24.3 Å². The van der Waals surface area contributed by atoms with E-state index < -0.39 is 0 Å². The Kier molecular flexibility index (Phi) is 3.29. The van der Waals surface area contributed by atoms with Crippen molar-refractivity contribution in [2.45, 2.75) is 13.8 Å². The molecule has 1 aromatic heterocycles. The Hall–Kier alpha value is -1.61. The van der Waals surface area contributed by atoms with Gasteiger partial charge in [-0.05, 0) is 55.3 Å². The van der Waals surface area contributed by atoms with Crippen LogP contribution >= 0.6 is 11.6 Å². The van der Waals surface area contributed by atoms with Gasteiger partial charge in [0.1, 0.15) is 5.75 Å². The molecule has 1 aromatic carbocycles. The molecular formula is C13H13ClN2O. The monoisotopic (exact) mass is 248 g/mol. The minimum absolute atomic E-state index is 0.272. The van der Waals surface area contributed by atoms with E-state index in [1.54, 1.807) is 7.11 Å². The van der Waals surface area contributed by atoms with Crippen molar-refractivity contribution >= 4 is 11.6 Å². The van der Waals surface area contributed by atoms with E-state index >= 15 is 0 Å². The third-order valence-corrected chi connectivity index (χ3v) is 2.69. The van der Waals surface area contributed by atoms with Crippen molar-refractivity contribution in [1.29, 1.82) is 0 Å². The standard InChI is InChI=1S/C13H13ClN2O/c1-8-6-10(4-5-12(8)17-3)11-7-9(2)15-13(14)16-11/h4-7H,1-3H3. The zero-order valence-electron chi connectivity index (χ0n) is 9.99. The van der Waals surface area contributed by atoms with Crippen LogP contribution in [-0.2, 0) is 0 Å². The largest absolute Gasteiger partial charge is 0.496 e. The van der Waals surface area contributed by atoms with E-state index in [0.717, 1.165) is 28.3 Å². The van der Waals surface area contributed by atoms with E-state index in [0.29, 0.717) is 0 Å². The van der Waals surface area contributed by atoms with Crippen molar-refractivity contribution in [3.05, 3.63) is 40.8 Å². The molecule has 2 aromatic rings. The fraction of sp³-hybridized carbons (Fsp3) is 0.231. The van der Waals surface area contributed by atoms with Crippen molar-refractivity contribution in [3.63, 3.8) is 0 Å². The van der Waals surface area contributed by atoms with E-state index in [2.05, 4.69) is 9.97 Å². The van der Waals surface area contributed by atoms with Gasteiger partial charge in [-0.1, -0.05) is 0 Å². The molecule has 0 saturated carbocycles. The highest BCUT2D eigenvalue weighted by Gasteiger charge is 2.05. The molecule has 0 N–H and O–H groups in total. The SMILES string of the molecule is COc1ccc(-c2cc(C)nc(Cl)n2)cc1C. The molecule has 88 valence electrons. The summed E-state index contributed by atoms with van der Waals surface area (Å²) in [5, 5.41) is 0.272. The van der Waals surface area contributed by atoms with E-state index in [4.69, 9.17) is 16.3 Å². The lowest BCUT2D eigenvalue weighted by atomic mass is 10.1. The summed E-state index contributed by atoms with van der Waals surface area (Å²) < 4.78 is 5.22. The predicted molar refractivity (Wildman–Crippen MR) is 68.5 cm³/mol. The van der Waals surface area contributed by atoms with Gasteiger partial charge in [0.05, 0.1) is 12.8 Å². The van der Waals surface area contributed by atoms with Gasteiger partial charge in [0.15, 0.2) is 0 Å². The topological polar surface area (TPSA) is 35.0 Å². The number of nitrogens with zero attached hydrogens (tertiary/aromatic N) is 2. The highest BCUT2D eigenvalue weighted by Crippen LogP contribution is 2.25. The first kappa shape index (κ1) is 11.9. The summed E-state index contributed by atoms with van der Waals surface area (Å²) in [6, 6.07) is 7.82. The number of halogens is 1. The van der Waals surface area contributed by atoms with Crippen LogP contribution in [0.1, 0.15) is 11.3 Å². The first-order valence-electron chi connectivity index (χ1n) is 5.26. The highest BCUT2D eigenvalue weighted by atomic mass is 35.5. The number of benzene rings is 1. The van der Waals surface area contributed by atoms with Crippen molar-refractivity contribution in [2.24, 2.45) is 0 Å². The van der Waals surface area contributed by atoms with Gasteiger partial charge in [-0.2, -0.15) is 0 Å². The first-order chi connectivity index (χ1) is 8.10. The summed E-state index contributed by atoms with van der Waals surface area (Å²) in [6.07, 6.45) is 0. The molecular weight excluding hydrogens is 236 g/mol. The number of methoxy groups -OCH3 is 1. The molecule has 0 unspecified atom stereocenters. The van der Waals surface area contributed by atoms with E-state index in [1.165, 1.54) is 0 Å². The maximum atomic E-state index is 5.85. The smallest absolute Gasteiger partial charge is 0.223 e. The second kappa shape index (κ2) is 4.72. The van der Waals surface area contributed by atoms with Gasteiger partial charge >= 0.3 is 0 Å². The van der Waals surface area contributed by atoms with Crippen molar-refractivity contribution in [2.75, 3.05) is 7.11 Å². The number of rotatable bonds is 2. The quantitative estimate of drug-likeness (QED) is 0.764. The van der Waals surface area contributed by atoms with Crippen molar-refractivity contribution < 1.29 is 4.74 Å². The van der Waals surface area contributed by atoms with Crippen LogP contribution in [0, 0.1) is 13.8 Å². The van der Waals surface area contributed by atoms with Crippen LogP contribution in [0.2, 0.25) is 5.28 Å². The zero-order chi connectivity index (χ0) is 12.4. The number of aryl methyl sites for hydroxylation is 2. The molecule has 17 heavy (non-hydrogen) atoms. The summed E-state index contributed by atoms with van der Waals surface area (Å²) in [7, 11) is 1.66. The maximum absolute atomic E-state index is 5.85. The molecule has 2 rings (SSSR count). The van der Waals surface area contributed by atoms with Crippen LogP contribution in [0.25, 0.3) is 11.3 Å². The molecule has 3 nitrogen and oxygen atoms in total. The molecule has 0 spiro atoms. The van der Waals surface area contributed by atoms with Crippen molar-refractivity contribution in [3.8, 4) is 17.0 Å². The molecule has 0 aliphatic carbocycles. The number of hydrogen-bond acceptors (Lipinski definition) is 3. The van der Waals surface area contributed by atoms with Gasteiger partial charge < -0.3 is 4.74 Å². The molecule has 0 aliphatic rings. The molecule has 0 fully saturated rings. The van der Waals surface area contributed by atoms with E-state index in [-0.39, 0.29) is 5.28 Å². The number of hydrogen-bond donors (Lipinski definition) is 0. The normalized spacial score (nSPS) is 10.4. The molecule has 0 radical (unpaired) electrons. The summed E-state index contributed by atoms with van der Waals surface area (Å²) >= 11 is 5.85. The lowest BCUT2D eigenvalue weighted by molar-refractivity contribution is 0.412. The Labute approximate surface area is 105 Å². The molecule has 0 atom stereocenters. The second-order valence-corrected chi connectivity index (χ2v) is 4.19. The zero-order valence-corrected chi connectivity index (χ0v) is 10.7. The van der Waals surface area contributed by atoms with Gasteiger partial charge in [0, 0.05) is 11.3 Å². The van der Waals surface area contributed by atoms with Crippen LogP contribution < -0.4 is 4.74 Å². The summed E-state index contributed by atoms with van der Waals surface area (Å²) in [5.41, 5.74) is 3.76. The van der Waals surface area contributed by atoms with Gasteiger partial charge in [0.25, 0.3) is 0 Å². The minimum Gasteiger partial charge on any atom is -0.496 e. The molecule has 0 amide bonds. The average molecular weight is 249 g/mol. The highest BCUT2D eigenvalue weighted by molar-refractivity contribution is 6.28. The third-order valence-electron chi connectivity index (χ3n) is 2.52. The Morgan fingerprint density at radius 2 is 1.88 bits per heavy atom. The minimum atomic E-state index is 0.272. The molecule has 0 saturated heterocycles. The third kappa shape index (κ3) is 2.56. The van der Waals surface area contributed by atoms with Crippen LogP contribution in [-0.4, -0.2) is 17.1 Å². The molecule has 4 heteroatoms. The Morgan fingerprint density at radius 1 is 1.12 bits per heavy atom. The lowest BCUT2D eigenvalue weighted by Gasteiger charge is -2.07. The predicted octanol–water partition coefficient (Wildman–Crippen LogP) is 3.42. The molecule has 0 bridgehead atoms. The Balaban J connectivity index is 2.49.